The molecule has 2 N–H and O–H groups in total. The lowest BCUT2D eigenvalue weighted by Crippen LogP contribution is -2.37. The fourth-order valence-electron chi connectivity index (χ4n) is 2.91. The number of hydrogen-bond donors (Lipinski definition) is 2. The molecule has 0 saturated heterocycles. The number of para-hydroxylation sites is 1. The van der Waals surface area contributed by atoms with E-state index in [4.69, 9.17) is 0 Å². The van der Waals surface area contributed by atoms with Gasteiger partial charge in [-0.2, -0.15) is 10.2 Å². The molecule has 0 aliphatic heterocycles. The zero-order valence-corrected chi connectivity index (χ0v) is 16.2. The summed E-state index contributed by atoms with van der Waals surface area (Å²) in [5, 5.41) is 15.5. The number of aryl methyl sites for hydroxylation is 3. The van der Waals surface area contributed by atoms with Crippen LogP contribution < -0.4 is 10.6 Å². The highest BCUT2D eigenvalue weighted by Gasteiger charge is 2.06. The van der Waals surface area contributed by atoms with Gasteiger partial charge in [-0.1, -0.05) is 18.2 Å². The van der Waals surface area contributed by atoms with Crippen molar-refractivity contribution in [3.63, 3.8) is 0 Å². The molecule has 0 amide bonds. The Morgan fingerprint density at radius 1 is 1.15 bits per heavy atom. The number of benzene rings is 1. The molecule has 0 saturated carbocycles. The number of guanidine groups is 1. The number of nitrogens with one attached hydrogen (secondary N) is 2. The summed E-state index contributed by atoms with van der Waals surface area (Å²) in [6.45, 7) is 3.61. The van der Waals surface area contributed by atoms with Crippen LogP contribution in [0.3, 0.4) is 0 Å². The molecule has 0 aliphatic carbocycles. The molecule has 0 bridgehead atoms. The molecule has 0 spiro atoms. The average molecular weight is 365 g/mol. The van der Waals surface area contributed by atoms with Crippen LogP contribution in [0.5, 0.6) is 0 Å². The van der Waals surface area contributed by atoms with Crippen molar-refractivity contribution in [3.05, 3.63) is 65.7 Å². The van der Waals surface area contributed by atoms with Crippen LogP contribution in [0, 0.1) is 6.92 Å². The highest BCUT2D eigenvalue weighted by molar-refractivity contribution is 5.79. The van der Waals surface area contributed by atoms with Gasteiger partial charge in [0.1, 0.15) is 0 Å². The Hall–Kier alpha value is -3.09. The smallest absolute Gasteiger partial charge is 0.191 e. The minimum absolute atomic E-state index is 0.694. The molecule has 0 unspecified atom stereocenters. The van der Waals surface area contributed by atoms with Gasteiger partial charge in [0.25, 0.3) is 0 Å². The fourth-order valence-corrected chi connectivity index (χ4v) is 2.91. The molecule has 0 fully saturated rings. The average Bonchev–Trinajstić information content (AvgIpc) is 3.27. The number of aliphatic imine (C=N–C) groups is 1. The van der Waals surface area contributed by atoms with E-state index in [-0.39, 0.29) is 0 Å². The summed E-state index contributed by atoms with van der Waals surface area (Å²) in [6.07, 6.45) is 5.91. The second-order valence-corrected chi connectivity index (χ2v) is 6.42. The van der Waals surface area contributed by atoms with Gasteiger partial charge in [-0.05, 0) is 43.5 Å². The summed E-state index contributed by atoms with van der Waals surface area (Å²) >= 11 is 0. The van der Waals surface area contributed by atoms with E-state index in [0.717, 1.165) is 42.4 Å². The monoisotopic (exact) mass is 365 g/mol. The second kappa shape index (κ2) is 9.02. The maximum absolute atomic E-state index is 4.63. The third-order valence-electron chi connectivity index (χ3n) is 4.52. The Balaban J connectivity index is 1.45. The zero-order chi connectivity index (χ0) is 19.1. The van der Waals surface area contributed by atoms with Crippen molar-refractivity contribution in [2.75, 3.05) is 13.6 Å². The first-order valence-corrected chi connectivity index (χ1v) is 9.19. The first-order chi connectivity index (χ1) is 13.2. The highest BCUT2D eigenvalue weighted by Crippen LogP contribution is 2.13. The van der Waals surface area contributed by atoms with Crippen molar-refractivity contribution in [3.8, 4) is 5.69 Å². The van der Waals surface area contributed by atoms with Gasteiger partial charge in [-0.3, -0.25) is 9.67 Å². The van der Waals surface area contributed by atoms with E-state index in [2.05, 4.69) is 51.1 Å². The standard InChI is InChI=1S/C20H27N7/c1-16-17(15-27(25-16)18-9-5-4-6-10-18)8-7-12-22-20(21-2)23-14-19-11-13-24-26(19)3/h4-6,9-11,13,15H,7-8,12,14H2,1-3H3,(H2,21,22,23). The van der Waals surface area contributed by atoms with Gasteiger partial charge in [0.2, 0.25) is 0 Å². The third kappa shape index (κ3) is 4.97. The van der Waals surface area contributed by atoms with Crippen LogP contribution >= 0.6 is 0 Å². The lowest BCUT2D eigenvalue weighted by atomic mass is 10.1. The number of aromatic nitrogens is 4. The minimum Gasteiger partial charge on any atom is -0.356 e. The molecule has 1 aromatic carbocycles. The van der Waals surface area contributed by atoms with Crippen molar-refractivity contribution in [1.82, 2.24) is 30.2 Å². The van der Waals surface area contributed by atoms with Crippen LogP contribution in [-0.2, 0) is 20.0 Å². The maximum atomic E-state index is 4.63. The lowest BCUT2D eigenvalue weighted by molar-refractivity contribution is 0.679. The Morgan fingerprint density at radius 2 is 1.96 bits per heavy atom. The van der Waals surface area contributed by atoms with E-state index < -0.39 is 0 Å². The van der Waals surface area contributed by atoms with E-state index in [1.54, 1.807) is 13.2 Å². The van der Waals surface area contributed by atoms with Crippen LogP contribution in [0.2, 0.25) is 0 Å². The van der Waals surface area contributed by atoms with Gasteiger partial charge in [-0.25, -0.2) is 4.68 Å². The largest absolute Gasteiger partial charge is 0.356 e. The summed E-state index contributed by atoms with van der Waals surface area (Å²) in [6, 6.07) is 12.2. The van der Waals surface area contributed by atoms with E-state index in [0.29, 0.717) is 6.54 Å². The van der Waals surface area contributed by atoms with Gasteiger partial charge >= 0.3 is 0 Å². The molecule has 2 aromatic heterocycles. The molecule has 3 aromatic rings. The minimum atomic E-state index is 0.694. The van der Waals surface area contributed by atoms with Crippen molar-refractivity contribution >= 4 is 5.96 Å². The van der Waals surface area contributed by atoms with Gasteiger partial charge in [0, 0.05) is 33.0 Å². The highest BCUT2D eigenvalue weighted by atomic mass is 15.3. The van der Waals surface area contributed by atoms with E-state index in [1.165, 1.54) is 5.56 Å². The maximum Gasteiger partial charge on any atom is 0.191 e. The van der Waals surface area contributed by atoms with Crippen LogP contribution in [0.4, 0.5) is 0 Å². The van der Waals surface area contributed by atoms with Crippen LogP contribution in [-0.4, -0.2) is 39.1 Å². The molecular formula is C20H27N7. The Labute approximate surface area is 160 Å². The first-order valence-electron chi connectivity index (χ1n) is 9.19. The van der Waals surface area contributed by atoms with Crippen LogP contribution in [0.25, 0.3) is 5.69 Å². The van der Waals surface area contributed by atoms with Crippen LogP contribution in [0.15, 0.2) is 53.8 Å². The summed E-state index contributed by atoms with van der Waals surface area (Å²) in [4.78, 5) is 4.27. The normalized spacial score (nSPS) is 11.6. The van der Waals surface area contributed by atoms with Gasteiger partial charge in [0.15, 0.2) is 5.96 Å². The lowest BCUT2D eigenvalue weighted by Gasteiger charge is -2.11. The fraction of sp³-hybridized carbons (Fsp3) is 0.350. The van der Waals surface area contributed by atoms with Gasteiger partial charge < -0.3 is 10.6 Å². The molecule has 3 rings (SSSR count). The van der Waals surface area contributed by atoms with Gasteiger partial charge in [0.05, 0.1) is 23.6 Å². The third-order valence-corrected chi connectivity index (χ3v) is 4.52. The van der Waals surface area contributed by atoms with Crippen molar-refractivity contribution in [2.45, 2.75) is 26.3 Å². The summed E-state index contributed by atoms with van der Waals surface area (Å²) in [7, 11) is 3.72. The van der Waals surface area contributed by atoms with Crippen LogP contribution in [0.1, 0.15) is 23.4 Å². The Bertz CT molecular complexity index is 877. The number of nitrogens with zero attached hydrogens (tertiary/aromatic N) is 5. The van der Waals surface area contributed by atoms with Crippen molar-refractivity contribution in [2.24, 2.45) is 12.0 Å². The number of hydrogen-bond acceptors (Lipinski definition) is 3. The predicted molar refractivity (Wildman–Crippen MR) is 108 cm³/mol. The molecule has 27 heavy (non-hydrogen) atoms. The first kappa shape index (κ1) is 18.7. The molecule has 142 valence electrons. The molecule has 2 heterocycles. The molecule has 0 atom stereocenters. The quantitative estimate of drug-likeness (QED) is 0.383. The molecule has 7 nitrogen and oxygen atoms in total. The molecule has 0 radical (unpaired) electrons. The van der Waals surface area contributed by atoms with E-state index >= 15 is 0 Å². The topological polar surface area (TPSA) is 72.1 Å². The van der Waals surface area contributed by atoms with Crippen molar-refractivity contribution in [1.29, 1.82) is 0 Å². The second-order valence-electron chi connectivity index (χ2n) is 6.42. The SMILES string of the molecule is CN=C(NCCCc1cn(-c2ccccc2)nc1C)NCc1ccnn1C. The number of rotatable bonds is 7. The molecule has 0 aliphatic rings. The Morgan fingerprint density at radius 3 is 2.67 bits per heavy atom. The molecule has 7 heteroatoms. The summed E-state index contributed by atoms with van der Waals surface area (Å²) < 4.78 is 3.81. The van der Waals surface area contributed by atoms with E-state index in [9.17, 15) is 0 Å². The van der Waals surface area contributed by atoms with Crippen molar-refractivity contribution < 1.29 is 0 Å². The summed E-state index contributed by atoms with van der Waals surface area (Å²) in [5.41, 5.74) is 4.56. The molecular weight excluding hydrogens is 338 g/mol. The summed E-state index contributed by atoms with van der Waals surface area (Å²) in [5.74, 6) is 0.799. The zero-order valence-electron chi connectivity index (χ0n) is 16.2. The predicted octanol–water partition coefficient (Wildman–Crippen LogP) is 2.21. The van der Waals surface area contributed by atoms with E-state index in [1.807, 2.05) is 40.7 Å². The Kier molecular flexibility index (Phi) is 6.25. The van der Waals surface area contributed by atoms with Gasteiger partial charge in [-0.15, -0.1) is 0 Å².